The number of aliphatic carboxylic acids is 1. The summed E-state index contributed by atoms with van der Waals surface area (Å²) in [5.41, 5.74) is 1.96. The third-order valence-corrected chi connectivity index (χ3v) is 2.32. The lowest BCUT2D eigenvalue weighted by atomic mass is 9.99. The van der Waals surface area contributed by atoms with Gasteiger partial charge in [0.25, 0.3) is 0 Å². The second-order valence-electron chi connectivity index (χ2n) is 3.61. The second-order valence-corrected chi connectivity index (χ2v) is 3.61. The molecular weight excluding hydrogens is 166 g/mol. The molecule has 1 aliphatic rings. The first kappa shape index (κ1) is 9.99. The van der Waals surface area contributed by atoms with Gasteiger partial charge in [-0.15, -0.1) is 0 Å². The fourth-order valence-electron chi connectivity index (χ4n) is 1.26. The Morgan fingerprint density at radius 2 is 2.08 bits per heavy atom. The molecule has 1 heterocycles. The summed E-state index contributed by atoms with van der Waals surface area (Å²) in [5.74, 6) is -0.880. The van der Waals surface area contributed by atoms with Crippen molar-refractivity contribution < 1.29 is 9.90 Å². The normalized spacial score (nSPS) is 17.9. The second kappa shape index (κ2) is 3.75. The standard InChI is InChI=1S/C10H15NO2/c1-7(2)8(3)4-11-5-9(6-11)10(12)13/h9H,1,3-6H2,2H3,(H,12,13). The fraction of sp³-hybridized carbons (Fsp3) is 0.500. The van der Waals surface area contributed by atoms with E-state index in [0.717, 1.165) is 17.7 Å². The molecule has 0 spiro atoms. The Balaban J connectivity index is 2.26. The zero-order chi connectivity index (χ0) is 10.0. The molecule has 1 saturated heterocycles. The number of likely N-dealkylation sites (tertiary alicyclic amines) is 1. The average Bonchev–Trinajstić information content (AvgIpc) is 1.94. The Morgan fingerprint density at radius 3 is 2.46 bits per heavy atom. The van der Waals surface area contributed by atoms with Crippen LogP contribution in [0.1, 0.15) is 6.92 Å². The van der Waals surface area contributed by atoms with E-state index >= 15 is 0 Å². The highest BCUT2D eigenvalue weighted by molar-refractivity contribution is 5.71. The number of carboxylic acids is 1. The van der Waals surface area contributed by atoms with Gasteiger partial charge in [0.15, 0.2) is 0 Å². The van der Waals surface area contributed by atoms with Crippen molar-refractivity contribution in [2.24, 2.45) is 5.92 Å². The molecular formula is C10H15NO2. The van der Waals surface area contributed by atoms with Crippen LogP contribution < -0.4 is 0 Å². The highest BCUT2D eigenvalue weighted by Gasteiger charge is 2.32. The monoisotopic (exact) mass is 181 g/mol. The summed E-state index contributed by atoms with van der Waals surface area (Å²) in [6.45, 7) is 11.6. The molecule has 1 fully saturated rings. The van der Waals surface area contributed by atoms with Crippen LogP contribution in [0.5, 0.6) is 0 Å². The summed E-state index contributed by atoms with van der Waals surface area (Å²) in [5, 5.41) is 8.63. The molecule has 0 aromatic carbocycles. The predicted molar refractivity (Wildman–Crippen MR) is 51.5 cm³/mol. The first-order valence-electron chi connectivity index (χ1n) is 4.29. The van der Waals surface area contributed by atoms with Gasteiger partial charge >= 0.3 is 5.97 Å². The molecule has 0 radical (unpaired) electrons. The summed E-state index contributed by atoms with van der Waals surface area (Å²) in [6, 6.07) is 0. The number of hydrogen-bond acceptors (Lipinski definition) is 2. The molecule has 0 unspecified atom stereocenters. The van der Waals surface area contributed by atoms with E-state index in [0.29, 0.717) is 13.1 Å². The first-order chi connectivity index (χ1) is 6.00. The molecule has 0 aromatic rings. The van der Waals surface area contributed by atoms with Crippen molar-refractivity contribution in [2.75, 3.05) is 19.6 Å². The van der Waals surface area contributed by atoms with Crippen molar-refractivity contribution >= 4 is 5.97 Å². The van der Waals surface area contributed by atoms with E-state index in [4.69, 9.17) is 5.11 Å². The maximum Gasteiger partial charge on any atom is 0.309 e. The van der Waals surface area contributed by atoms with Gasteiger partial charge in [-0.2, -0.15) is 0 Å². The Hall–Kier alpha value is -1.09. The Labute approximate surface area is 78.4 Å². The lowest BCUT2D eigenvalue weighted by Crippen LogP contribution is -2.50. The number of hydrogen-bond donors (Lipinski definition) is 1. The average molecular weight is 181 g/mol. The minimum atomic E-state index is -0.697. The van der Waals surface area contributed by atoms with Gasteiger partial charge in [0, 0.05) is 19.6 Å². The third-order valence-electron chi connectivity index (χ3n) is 2.32. The molecule has 3 heteroatoms. The van der Waals surface area contributed by atoms with Crippen LogP contribution in [0, 0.1) is 5.92 Å². The van der Waals surface area contributed by atoms with E-state index in [9.17, 15) is 4.79 Å². The van der Waals surface area contributed by atoms with Gasteiger partial charge in [-0.1, -0.05) is 18.7 Å². The Kier molecular flexibility index (Phi) is 2.88. The van der Waals surface area contributed by atoms with Gasteiger partial charge in [-0.25, -0.2) is 0 Å². The molecule has 1 N–H and O–H groups in total. The van der Waals surface area contributed by atoms with Gasteiger partial charge in [0.1, 0.15) is 0 Å². The Morgan fingerprint density at radius 1 is 1.54 bits per heavy atom. The molecule has 3 nitrogen and oxygen atoms in total. The SMILES string of the molecule is C=C(C)C(=C)CN1CC(C(=O)O)C1. The predicted octanol–water partition coefficient (Wildman–Crippen LogP) is 1.14. The van der Waals surface area contributed by atoms with Gasteiger partial charge in [-0.05, 0) is 12.5 Å². The van der Waals surface area contributed by atoms with Crippen LogP contribution in [0.3, 0.4) is 0 Å². The molecule has 0 aromatic heterocycles. The van der Waals surface area contributed by atoms with Crippen LogP contribution in [0.2, 0.25) is 0 Å². The molecule has 1 aliphatic heterocycles. The number of nitrogens with zero attached hydrogens (tertiary/aromatic N) is 1. The Bertz CT molecular complexity index is 252. The van der Waals surface area contributed by atoms with Crippen LogP contribution in [0.15, 0.2) is 24.3 Å². The maximum absolute atomic E-state index is 10.5. The molecule has 0 aliphatic carbocycles. The van der Waals surface area contributed by atoms with Crippen molar-refractivity contribution in [2.45, 2.75) is 6.92 Å². The molecule has 1 rings (SSSR count). The smallest absolute Gasteiger partial charge is 0.309 e. The van der Waals surface area contributed by atoms with Crippen LogP contribution in [-0.4, -0.2) is 35.6 Å². The summed E-state index contributed by atoms with van der Waals surface area (Å²) in [4.78, 5) is 12.5. The zero-order valence-corrected chi connectivity index (χ0v) is 7.92. The van der Waals surface area contributed by atoms with E-state index in [1.165, 1.54) is 0 Å². The van der Waals surface area contributed by atoms with E-state index in [-0.39, 0.29) is 5.92 Å². The maximum atomic E-state index is 10.5. The molecule has 0 amide bonds. The first-order valence-corrected chi connectivity index (χ1v) is 4.29. The van der Waals surface area contributed by atoms with E-state index in [1.54, 1.807) is 0 Å². The van der Waals surface area contributed by atoms with E-state index < -0.39 is 5.97 Å². The summed E-state index contributed by atoms with van der Waals surface area (Å²) in [6.07, 6.45) is 0. The minimum absolute atomic E-state index is 0.182. The largest absolute Gasteiger partial charge is 0.481 e. The topological polar surface area (TPSA) is 40.5 Å². The molecule has 13 heavy (non-hydrogen) atoms. The highest BCUT2D eigenvalue weighted by atomic mass is 16.4. The molecule has 0 atom stereocenters. The van der Waals surface area contributed by atoms with Crippen molar-refractivity contribution in [1.82, 2.24) is 4.90 Å². The lowest BCUT2D eigenvalue weighted by Gasteiger charge is -2.37. The van der Waals surface area contributed by atoms with E-state index in [1.807, 2.05) is 6.92 Å². The molecule has 0 saturated carbocycles. The minimum Gasteiger partial charge on any atom is -0.481 e. The van der Waals surface area contributed by atoms with Crippen molar-refractivity contribution in [3.8, 4) is 0 Å². The third kappa shape index (κ3) is 2.42. The lowest BCUT2D eigenvalue weighted by molar-refractivity contribution is -0.147. The van der Waals surface area contributed by atoms with E-state index in [2.05, 4.69) is 18.1 Å². The summed E-state index contributed by atoms with van der Waals surface area (Å²) in [7, 11) is 0. The van der Waals surface area contributed by atoms with Gasteiger partial charge in [0.05, 0.1) is 5.92 Å². The number of carbonyl (C=O) groups is 1. The number of carboxylic acid groups (broad SMARTS) is 1. The quantitative estimate of drug-likeness (QED) is 0.661. The van der Waals surface area contributed by atoms with Crippen molar-refractivity contribution in [3.05, 3.63) is 24.3 Å². The van der Waals surface area contributed by atoms with Crippen LogP contribution in [-0.2, 0) is 4.79 Å². The fourth-order valence-corrected chi connectivity index (χ4v) is 1.26. The van der Waals surface area contributed by atoms with Gasteiger partial charge < -0.3 is 5.11 Å². The molecule has 72 valence electrons. The highest BCUT2D eigenvalue weighted by Crippen LogP contribution is 2.18. The van der Waals surface area contributed by atoms with Gasteiger partial charge in [-0.3, -0.25) is 9.69 Å². The van der Waals surface area contributed by atoms with Crippen LogP contribution >= 0.6 is 0 Å². The summed E-state index contributed by atoms with van der Waals surface area (Å²) >= 11 is 0. The van der Waals surface area contributed by atoms with Crippen molar-refractivity contribution in [3.63, 3.8) is 0 Å². The zero-order valence-electron chi connectivity index (χ0n) is 7.92. The van der Waals surface area contributed by atoms with Crippen LogP contribution in [0.4, 0.5) is 0 Å². The van der Waals surface area contributed by atoms with Crippen molar-refractivity contribution in [1.29, 1.82) is 0 Å². The van der Waals surface area contributed by atoms with Gasteiger partial charge in [0.2, 0.25) is 0 Å². The summed E-state index contributed by atoms with van der Waals surface area (Å²) < 4.78 is 0. The number of rotatable bonds is 4. The molecule has 0 bridgehead atoms. The van der Waals surface area contributed by atoms with Crippen LogP contribution in [0.25, 0.3) is 0 Å².